The second kappa shape index (κ2) is 6.34. The second-order valence-electron chi connectivity index (χ2n) is 3.92. The molecule has 0 aliphatic heterocycles. The van der Waals surface area contributed by atoms with Crippen LogP contribution in [-0.2, 0) is 4.74 Å². The highest BCUT2D eigenvalue weighted by molar-refractivity contribution is 9.10. The van der Waals surface area contributed by atoms with Crippen LogP contribution in [0.3, 0.4) is 0 Å². The SMILES string of the molecule is COC(=O)c1ccc(OC(=O)c2cccc(Br)c2)cc1. The first kappa shape index (κ1) is 14.3. The molecular weight excluding hydrogens is 324 g/mol. The summed E-state index contributed by atoms with van der Waals surface area (Å²) in [4.78, 5) is 23.2. The standard InChI is InChI=1S/C15H11BrO4/c1-19-14(17)10-5-7-13(8-6-10)20-15(18)11-3-2-4-12(16)9-11/h2-9H,1H3. The third kappa shape index (κ3) is 3.45. The molecule has 4 nitrogen and oxygen atoms in total. The monoisotopic (exact) mass is 334 g/mol. The molecule has 0 radical (unpaired) electrons. The van der Waals surface area contributed by atoms with E-state index in [-0.39, 0.29) is 0 Å². The first-order valence-electron chi connectivity index (χ1n) is 5.76. The Balaban J connectivity index is 2.10. The summed E-state index contributed by atoms with van der Waals surface area (Å²) in [6.45, 7) is 0. The number of rotatable bonds is 3. The van der Waals surface area contributed by atoms with Crippen LogP contribution in [0.4, 0.5) is 0 Å². The van der Waals surface area contributed by atoms with E-state index in [4.69, 9.17) is 4.74 Å². The van der Waals surface area contributed by atoms with Crippen LogP contribution in [0, 0.1) is 0 Å². The van der Waals surface area contributed by atoms with E-state index in [0.717, 1.165) is 4.47 Å². The summed E-state index contributed by atoms with van der Waals surface area (Å²) in [5, 5.41) is 0. The third-order valence-electron chi connectivity index (χ3n) is 2.55. The molecule has 5 heteroatoms. The average Bonchev–Trinajstić information content (AvgIpc) is 2.47. The minimum Gasteiger partial charge on any atom is -0.465 e. The third-order valence-corrected chi connectivity index (χ3v) is 3.04. The quantitative estimate of drug-likeness (QED) is 0.637. The Morgan fingerprint density at radius 1 is 0.950 bits per heavy atom. The van der Waals surface area contributed by atoms with Gasteiger partial charge in [-0.25, -0.2) is 9.59 Å². The van der Waals surface area contributed by atoms with E-state index in [0.29, 0.717) is 16.9 Å². The van der Waals surface area contributed by atoms with Crippen LogP contribution < -0.4 is 4.74 Å². The lowest BCUT2D eigenvalue weighted by Crippen LogP contribution is -2.08. The molecule has 2 aromatic carbocycles. The maximum Gasteiger partial charge on any atom is 0.343 e. The summed E-state index contributed by atoms with van der Waals surface area (Å²) < 4.78 is 10.6. The fourth-order valence-corrected chi connectivity index (χ4v) is 1.96. The van der Waals surface area contributed by atoms with Gasteiger partial charge in [0, 0.05) is 4.47 Å². The lowest BCUT2D eigenvalue weighted by Gasteiger charge is -2.05. The summed E-state index contributed by atoms with van der Waals surface area (Å²) >= 11 is 3.29. The Morgan fingerprint density at radius 2 is 1.65 bits per heavy atom. The number of hydrogen-bond donors (Lipinski definition) is 0. The predicted octanol–water partition coefficient (Wildman–Crippen LogP) is 3.45. The summed E-state index contributed by atoms with van der Waals surface area (Å²) in [6, 6.07) is 13.1. The van der Waals surface area contributed by atoms with Gasteiger partial charge in [-0.2, -0.15) is 0 Å². The zero-order chi connectivity index (χ0) is 14.5. The molecule has 0 heterocycles. The van der Waals surface area contributed by atoms with Gasteiger partial charge in [-0.15, -0.1) is 0 Å². The first-order chi connectivity index (χ1) is 9.60. The van der Waals surface area contributed by atoms with Crippen molar-refractivity contribution < 1.29 is 19.1 Å². The molecular formula is C15H11BrO4. The number of carbonyl (C=O) groups excluding carboxylic acids is 2. The largest absolute Gasteiger partial charge is 0.465 e. The maximum atomic E-state index is 11.9. The Bertz CT molecular complexity index is 635. The van der Waals surface area contributed by atoms with E-state index < -0.39 is 11.9 Å². The molecule has 2 rings (SSSR count). The van der Waals surface area contributed by atoms with Crippen molar-refractivity contribution in [1.29, 1.82) is 0 Å². The highest BCUT2D eigenvalue weighted by atomic mass is 79.9. The molecule has 0 aromatic heterocycles. The van der Waals surface area contributed by atoms with Crippen molar-refractivity contribution in [2.75, 3.05) is 7.11 Å². The predicted molar refractivity (Wildman–Crippen MR) is 76.9 cm³/mol. The van der Waals surface area contributed by atoms with Gasteiger partial charge in [0.05, 0.1) is 18.2 Å². The number of benzene rings is 2. The van der Waals surface area contributed by atoms with Crippen LogP contribution in [0.5, 0.6) is 5.75 Å². The normalized spacial score (nSPS) is 9.90. The van der Waals surface area contributed by atoms with E-state index in [2.05, 4.69) is 20.7 Å². The Kier molecular flexibility index (Phi) is 4.53. The van der Waals surface area contributed by atoms with E-state index in [1.54, 1.807) is 30.3 Å². The van der Waals surface area contributed by atoms with Crippen LogP contribution in [0.15, 0.2) is 53.0 Å². The van der Waals surface area contributed by atoms with Gasteiger partial charge in [0.15, 0.2) is 0 Å². The lowest BCUT2D eigenvalue weighted by atomic mass is 10.2. The molecule has 2 aromatic rings. The van der Waals surface area contributed by atoms with Gasteiger partial charge in [-0.3, -0.25) is 0 Å². The van der Waals surface area contributed by atoms with Crippen molar-refractivity contribution in [2.45, 2.75) is 0 Å². The molecule has 0 saturated carbocycles. The number of halogens is 1. The molecule has 0 saturated heterocycles. The van der Waals surface area contributed by atoms with E-state index in [9.17, 15) is 9.59 Å². The fourth-order valence-electron chi connectivity index (χ4n) is 1.56. The minimum atomic E-state index is -0.461. The topological polar surface area (TPSA) is 52.6 Å². The van der Waals surface area contributed by atoms with Gasteiger partial charge in [0.25, 0.3) is 0 Å². The molecule has 0 fully saturated rings. The van der Waals surface area contributed by atoms with E-state index in [1.807, 2.05) is 6.07 Å². The summed E-state index contributed by atoms with van der Waals surface area (Å²) in [5.74, 6) is -0.533. The van der Waals surface area contributed by atoms with E-state index >= 15 is 0 Å². The van der Waals surface area contributed by atoms with Gasteiger partial charge in [-0.05, 0) is 42.5 Å². The van der Waals surface area contributed by atoms with Crippen molar-refractivity contribution in [2.24, 2.45) is 0 Å². The molecule has 20 heavy (non-hydrogen) atoms. The molecule has 0 aliphatic rings. The zero-order valence-electron chi connectivity index (χ0n) is 10.6. The molecule has 0 amide bonds. The number of hydrogen-bond acceptors (Lipinski definition) is 4. The van der Waals surface area contributed by atoms with Gasteiger partial charge < -0.3 is 9.47 Å². The van der Waals surface area contributed by atoms with Crippen molar-refractivity contribution >= 4 is 27.9 Å². The minimum absolute atomic E-state index is 0.364. The first-order valence-corrected chi connectivity index (χ1v) is 6.55. The summed E-state index contributed by atoms with van der Waals surface area (Å²) in [7, 11) is 1.31. The van der Waals surface area contributed by atoms with Crippen molar-refractivity contribution in [3.05, 3.63) is 64.1 Å². The Labute approximate surface area is 124 Å². The van der Waals surface area contributed by atoms with Crippen LogP contribution in [0.2, 0.25) is 0 Å². The van der Waals surface area contributed by atoms with Gasteiger partial charge in [-0.1, -0.05) is 22.0 Å². The van der Waals surface area contributed by atoms with Gasteiger partial charge in [0.1, 0.15) is 5.75 Å². The Morgan fingerprint density at radius 3 is 2.25 bits per heavy atom. The van der Waals surface area contributed by atoms with E-state index in [1.165, 1.54) is 19.2 Å². The molecule has 0 atom stereocenters. The highest BCUT2D eigenvalue weighted by Crippen LogP contribution is 2.17. The number of methoxy groups -OCH3 is 1. The van der Waals surface area contributed by atoms with Crippen molar-refractivity contribution in [1.82, 2.24) is 0 Å². The summed E-state index contributed by atoms with van der Waals surface area (Å²) in [5.41, 5.74) is 0.839. The average molecular weight is 335 g/mol. The fraction of sp³-hybridized carbons (Fsp3) is 0.0667. The second-order valence-corrected chi connectivity index (χ2v) is 4.83. The van der Waals surface area contributed by atoms with Crippen LogP contribution in [0.1, 0.15) is 20.7 Å². The van der Waals surface area contributed by atoms with Crippen LogP contribution >= 0.6 is 15.9 Å². The lowest BCUT2D eigenvalue weighted by molar-refractivity contribution is 0.0600. The number of ether oxygens (including phenoxy) is 2. The van der Waals surface area contributed by atoms with Crippen LogP contribution in [-0.4, -0.2) is 19.0 Å². The van der Waals surface area contributed by atoms with Gasteiger partial charge >= 0.3 is 11.9 Å². The van der Waals surface area contributed by atoms with Gasteiger partial charge in [0.2, 0.25) is 0 Å². The maximum absolute atomic E-state index is 11.9. The zero-order valence-corrected chi connectivity index (χ0v) is 12.2. The van der Waals surface area contributed by atoms with Crippen molar-refractivity contribution in [3.8, 4) is 5.75 Å². The molecule has 0 N–H and O–H groups in total. The molecule has 102 valence electrons. The smallest absolute Gasteiger partial charge is 0.343 e. The molecule has 0 unspecified atom stereocenters. The number of carbonyl (C=O) groups is 2. The highest BCUT2D eigenvalue weighted by Gasteiger charge is 2.10. The molecule has 0 bridgehead atoms. The Hall–Kier alpha value is -2.14. The summed E-state index contributed by atoms with van der Waals surface area (Å²) in [6.07, 6.45) is 0. The van der Waals surface area contributed by atoms with Crippen molar-refractivity contribution in [3.63, 3.8) is 0 Å². The molecule has 0 aliphatic carbocycles. The van der Waals surface area contributed by atoms with Crippen LogP contribution in [0.25, 0.3) is 0 Å². The number of esters is 2. The molecule has 0 spiro atoms.